The van der Waals surface area contributed by atoms with Crippen molar-refractivity contribution in [2.24, 2.45) is 11.7 Å². The van der Waals surface area contributed by atoms with Crippen molar-refractivity contribution in [1.82, 2.24) is 0 Å². The van der Waals surface area contributed by atoms with E-state index in [9.17, 15) is 5.11 Å². The molecule has 0 amide bonds. The molecule has 1 aromatic rings. The number of aromatic hydroxyl groups is 1. The van der Waals surface area contributed by atoms with E-state index in [1.807, 2.05) is 19.9 Å². The second kappa shape index (κ2) is 4.44. The highest BCUT2D eigenvalue weighted by Gasteiger charge is 2.11. The van der Waals surface area contributed by atoms with Gasteiger partial charge < -0.3 is 15.9 Å². The number of hydrogen-bond acceptors (Lipinski definition) is 3. The zero-order chi connectivity index (χ0) is 10.7. The van der Waals surface area contributed by atoms with Crippen LogP contribution in [0, 0.1) is 5.92 Å². The van der Waals surface area contributed by atoms with Crippen LogP contribution in [-0.4, -0.2) is 10.2 Å². The summed E-state index contributed by atoms with van der Waals surface area (Å²) in [6, 6.07) is 5.09. The van der Waals surface area contributed by atoms with Gasteiger partial charge >= 0.3 is 0 Å². The third kappa shape index (κ3) is 2.25. The van der Waals surface area contributed by atoms with Crippen LogP contribution >= 0.6 is 0 Å². The van der Waals surface area contributed by atoms with E-state index in [2.05, 4.69) is 0 Å². The molecule has 1 atom stereocenters. The number of aliphatic hydroxyl groups excluding tert-OH is 1. The maximum atomic E-state index is 9.51. The molecule has 0 unspecified atom stereocenters. The lowest BCUT2D eigenvalue weighted by molar-refractivity contribution is 0.275. The summed E-state index contributed by atoms with van der Waals surface area (Å²) in [7, 11) is 0. The third-order valence-electron chi connectivity index (χ3n) is 2.38. The fourth-order valence-electron chi connectivity index (χ4n) is 1.31. The fourth-order valence-corrected chi connectivity index (χ4v) is 1.31. The van der Waals surface area contributed by atoms with Gasteiger partial charge in [-0.15, -0.1) is 0 Å². The quantitative estimate of drug-likeness (QED) is 0.685. The molecule has 0 heterocycles. The Kier molecular flexibility index (Phi) is 3.49. The second-order valence-corrected chi connectivity index (χ2v) is 3.82. The van der Waals surface area contributed by atoms with Gasteiger partial charge in [0.05, 0.1) is 6.61 Å². The average Bonchev–Trinajstić information content (AvgIpc) is 2.16. The van der Waals surface area contributed by atoms with E-state index >= 15 is 0 Å². The number of nitrogens with two attached hydrogens (primary N) is 1. The molecule has 4 N–H and O–H groups in total. The van der Waals surface area contributed by atoms with Gasteiger partial charge in [-0.2, -0.15) is 0 Å². The Balaban J connectivity index is 2.96. The zero-order valence-corrected chi connectivity index (χ0v) is 8.57. The number of aliphatic hydroxyl groups is 1. The van der Waals surface area contributed by atoms with E-state index < -0.39 is 0 Å². The summed E-state index contributed by atoms with van der Waals surface area (Å²) < 4.78 is 0. The van der Waals surface area contributed by atoms with Gasteiger partial charge in [-0.05, 0) is 17.5 Å². The highest BCUT2D eigenvalue weighted by molar-refractivity contribution is 5.37. The van der Waals surface area contributed by atoms with Crippen LogP contribution in [0.3, 0.4) is 0 Å². The smallest absolute Gasteiger partial charge is 0.121 e. The van der Waals surface area contributed by atoms with Crippen molar-refractivity contribution in [3.63, 3.8) is 0 Å². The van der Waals surface area contributed by atoms with Crippen molar-refractivity contribution < 1.29 is 10.2 Å². The summed E-state index contributed by atoms with van der Waals surface area (Å²) in [5.74, 6) is 0.440. The Bertz CT molecular complexity index is 310. The van der Waals surface area contributed by atoms with Gasteiger partial charge in [-0.25, -0.2) is 0 Å². The Morgan fingerprint density at radius 3 is 2.43 bits per heavy atom. The molecule has 0 aliphatic carbocycles. The molecule has 14 heavy (non-hydrogen) atoms. The predicted octanol–water partition coefficient (Wildman–Crippen LogP) is 1.54. The van der Waals surface area contributed by atoms with E-state index in [-0.39, 0.29) is 18.4 Å². The minimum atomic E-state index is -0.150. The molecule has 0 saturated carbocycles. The highest BCUT2D eigenvalue weighted by Crippen LogP contribution is 2.25. The lowest BCUT2D eigenvalue weighted by Crippen LogP contribution is -2.16. The van der Waals surface area contributed by atoms with Crippen molar-refractivity contribution in [1.29, 1.82) is 0 Å². The summed E-state index contributed by atoms with van der Waals surface area (Å²) in [5.41, 5.74) is 7.35. The number of benzene rings is 1. The first kappa shape index (κ1) is 11.0. The van der Waals surface area contributed by atoms with Crippen LogP contribution in [0.1, 0.15) is 31.0 Å². The number of rotatable bonds is 3. The molecule has 0 saturated heterocycles. The molecular weight excluding hydrogens is 178 g/mol. The molecule has 3 nitrogen and oxygen atoms in total. The van der Waals surface area contributed by atoms with Crippen molar-refractivity contribution in [2.75, 3.05) is 0 Å². The SMILES string of the molecule is CC(C)[C@@H](N)c1ccc(CO)c(O)c1. The Morgan fingerprint density at radius 1 is 1.36 bits per heavy atom. The van der Waals surface area contributed by atoms with Gasteiger partial charge in [0.2, 0.25) is 0 Å². The normalized spacial score (nSPS) is 13.2. The Morgan fingerprint density at radius 2 is 2.00 bits per heavy atom. The fraction of sp³-hybridized carbons (Fsp3) is 0.455. The molecule has 1 rings (SSSR count). The molecule has 0 bridgehead atoms. The Hall–Kier alpha value is -1.06. The van der Waals surface area contributed by atoms with Gasteiger partial charge in [0.1, 0.15) is 5.75 Å². The molecule has 0 fully saturated rings. The third-order valence-corrected chi connectivity index (χ3v) is 2.38. The van der Waals surface area contributed by atoms with Crippen LogP contribution in [-0.2, 0) is 6.61 Å². The first-order valence-corrected chi connectivity index (χ1v) is 4.74. The van der Waals surface area contributed by atoms with Crippen LogP contribution in [0.2, 0.25) is 0 Å². The molecule has 3 heteroatoms. The van der Waals surface area contributed by atoms with Crippen LogP contribution < -0.4 is 5.73 Å². The average molecular weight is 195 g/mol. The molecule has 1 aromatic carbocycles. The largest absolute Gasteiger partial charge is 0.508 e. The maximum Gasteiger partial charge on any atom is 0.121 e. The van der Waals surface area contributed by atoms with Gasteiger partial charge in [0, 0.05) is 11.6 Å². The topological polar surface area (TPSA) is 66.5 Å². The van der Waals surface area contributed by atoms with Crippen LogP contribution in [0.5, 0.6) is 5.75 Å². The van der Waals surface area contributed by atoms with Gasteiger partial charge in [0.15, 0.2) is 0 Å². The lowest BCUT2D eigenvalue weighted by atomic mass is 9.96. The number of hydrogen-bond donors (Lipinski definition) is 3. The van der Waals surface area contributed by atoms with Gasteiger partial charge in [-0.3, -0.25) is 0 Å². The van der Waals surface area contributed by atoms with E-state index in [0.717, 1.165) is 5.56 Å². The van der Waals surface area contributed by atoms with Crippen LogP contribution in [0.4, 0.5) is 0 Å². The van der Waals surface area contributed by atoms with Crippen molar-refractivity contribution in [3.05, 3.63) is 29.3 Å². The summed E-state index contributed by atoms with van der Waals surface area (Å²) in [6.45, 7) is 3.91. The first-order chi connectivity index (χ1) is 6.56. The minimum Gasteiger partial charge on any atom is -0.508 e. The van der Waals surface area contributed by atoms with E-state index in [1.165, 1.54) is 0 Å². The minimum absolute atomic E-state index is 0.0753. The van der Waals surface area contributed by atoms with Crippen molar-refractivity contribution in [2.45, 2.75) is 26.5 Å². The molecule has 0 aliphatic rings. The standard InChI is InChI=1S/C11H17NO2/c1-7(2)11(12)8-3-4-9(6-13)10(14)5-8/h3-5,7,11,13-14H,6,12H2,1-2H3/t11-/m1/s1. The molecule has 0 spiro atoms. The van der Waals surface area contributed by atoms with Crippen LogP contribution in [0.25, 0.3) is 0 Å². The molecule has 0 aromatic heterocycles. The maximum absolute atomic E-state index is 9.51. The summed E-state index contributed by atoms with van der Waals surface area (Å²) >= 11 is 0. The predicted molar refractivity (Wildman–Crippen MR) is 55.8 cm³/mol. The Labute approximate surface area is 84.2 Å². The van der Waals surface area contributed by atoms with E-state index in [0.29, 0.717) is 11.5 Å². The van der Waals surface area contributed by atoms with Gasteiger partial charge in [-0.1, -0.05) is 26.0 Å². The number of phenols is 1. The summed E-state index contributed by atoms with van der Waals surface area (Å²) in [4.78, 5) is 0. The zero-order valence-electron chi connectivity index (χ0n) is 8.57. The summed E-state index contributed by atoms with van der Waals surface area (Å²) in [6.07, 6.45) is 0. The summed E-state index contributed by atoms with van der Waals surface area (Å²) in [5, 5.41) is 18.4. The monoisotopic (exact) mass is 195 g/mol. The molecular formula is C11H17NO2. The highest BCUT2D eigenvalue weighted by atomic mass is 16.3. The first-order valence-electron chi connectivity index (χ1n) is 4.74. The van der Waals surface area contributed by atoms with Crippen molar-refractivity contribution >= 4 is 0 Å². The van der Waals surface area contributed by atoms with Crippen LogP contribution in [0.15, 0.2) is 18.2 Å². The van der Waals surface area contributed by atoms with E-state index in [4.69, 9.17) is 10.8 Å². The second-order valence-electron chi connectivity index (χ2n) is 3.82. The molecule has 0 aliphatic heterocycles. The molecule has 0 radical (unpaired) electrons. The molecule has 78 valence electrons. The van der Waals surface area contributed by atoms with Gasteiger partial charge in [0.25, 0.3) is 0 Å². The van der Waals surface area contributed by atoms with Crippen molar-refractivity contribution in [3.8, 4) is 5.75 Å². The lowest BCUT2D eigenvalue weighted by Gasteiger charge is -2.16. The van der Waals surface area contributed by atoms with E-state index in [1.54, 1.807) is 12.1 Å².